The Bertz CT molecular complexity index is 524. The Morgan fingerprint density at radius 3 is 2.69 bits per heavy atom. The number of aryl methyl sites for hydroxylation is 3. The largest absolute Gasteiger partial charge is 0.311 e. The molecule has 0 N–H and O–H groups in total. The highest BCUT2D eigenvalue weighted by atomic mass is 32.1. The summed E-state index contributed by atoms with van der Waals surface area (Å²) >= 11 is 6.74. The first kappa shape index (κ1) is 8.77. The molecule has 0 aromatic carbocycles. The molecular weight excluding hydrogens is 202 g/mol. The van der Waals surface area contributed by atoms with Crippen LogP contribution in [0, 0.1) is 17.8 Å². The molecule has 0 amide bonds. The van der Waals surface area contributed by atoms with E-state index in [1.54, 1.807) is 11.3 Å². The first-order valence-electron chi connectivity index (χ1n) is 3.90. The van der Waals surface area contributed by atoms with Crippen LogP contribution in [0.5, 0.6) is 0 Å². The first-order chi connectivity index (χ1) is 6.09. The van der Waals surface area contributed by atoms with Crippen LogP contribution in [0.4, 0.5) is 0 Å². The van der Waals surface area contributed by atoms with E-state index in [0.29, 0.717) is 0 Å². The Morgan fingerprint density at radius 2 is 2.00 bits per heavy atom. The highest BCUT2D eigenvalue weighted by molar-refractivity contribution is 7.73. The van der Waals surface area contributed by atoms with E-state index in [2.05, 4.69) is 9.97 Å². The van der Waals surface area contributed by atoms with Crippen molar-refractivity contribution < 1.29 is 0 Å². The zero-order chi connectivity index (χ0) is 9.59. The van der Waals surface area contributed by atoms with Gasteiger partial charge in [0.05, 0.1) is 10.4 Å². The van der Waals surface area contributed by atoms with Gasteiger partial charge in [0, 0.05) is 7.05 Å². The average molecular weight is 211 g/mol. The third-order valence-corrected chi connectivity index (χ3v) is 3.56. The van der Waals surface area contributed by atoms with Crippen molar-refractivity contribution in [2.45, 2.75) is 13.8 Å². The molecule has 3 nitrogen and oxygen atoms in total. The van der Waals surface area contributed by atoms with Gasteiger partial charge >= 0.3 is 0 Å². The fourth-order valence-corrected chi connectivity index (χ4v) is 2.48. The molecule has 5 heteroatoms. The van der Waals surface area contributed by atoms with Gasteiger partial charge in [-0.05, 0) is 26.1 Å². The molecule has 2 aromatic heterocycles. The topological polar surface area (TPSA) is 30.7 Å². The Morgan fingerprint density at radius 1 is 1.31 bits per heavy atom. The van der Waals surface area contributed by atoms with Crippen LogP contribution in [0.2, 0.25) is 0 Å². The molecule has 0 aliphatic rings. The van der Waals surface area contributed by atoms with E-state index in [1.165, 1.54) is 0 Å². The molecule has 13 heavy (non-hydrogen) atoms. The van der Waals surface area contributed by atoms with Crippen LogP contribution in [0.3, 0.4) is 0 Å². The van der Waals surface area contributed by atoms with Crippen molar-refractivity contribution >= 4 is 33.9 Å². The summed E-state index contributed by atoms with van der Waals surface area (Å²) in [5, 5.41) is 0. The van der Waals surface area contributed by atoms with Crippen LogP contribution in [0.25, 0.3) is 10.3 Å². The smallest absolute Gasteiger partial charge is 0.163 e. The zero-order valence-corrected chi connectivity index (χ0v) is 9.29. The van der Waals surface area contributed by atoms with Gasteiger partial charge in [-0.3, -0.25) is 0 Å². The summed E-state index contributed by atoms with van der Waals surface area (Å²) in [5.41, 5.74) is 1.96. The maximum Gasteiger partial charge on any atom is 0.163 e. The normalized spacial score (nSPS) is 11.0. The predicted octanol–water partition coefficient (Wildman–Crippen LogP) is 2.38. The molecule has 0 radical (unpaired) electrons. The van der Waals surface area contributed by atoms with Crippen molar-refractivity contribution in [1.29, 1.82) is 0 Å². The van der Waals surface area contributed by atoms with Gasteiger partial charge in [-0.25, -0.2) is 9.97 Å². The van der Waals surface area contributed by atoms with Crippen LogP contribution >= 0.6 is 23.6 Å². The second-order valence-electron chi connectivity index (χ2n) is 2.94. The molecule has 2 rings (SSSR count). The van der Waals surface area contributed by atoms with Crippen LogP contribution in [0.1, 0.15) is 11.5 Å². The van der Waals surface area contributed by atoms with Gasteiger partial charge in [-0.15, -0.1) is 11.3 Å². The minimum atomic E-state index is 0.799. The summed E-state index contributed by atoms with van der Waals surface area (Å²) in [7, 11) is 1.94. The minimum absolute atomic E-state index is 0.799. The first-order valence-corrected chi connectivity index (χ1v) is 5.13. The Labute approximate surface area is 85.1 Å². The van der Waals surface area contributed by atoms with Gasteiger partial charge in [0.1, 0.15) is 5.82 Å². The van der Waals surface area contributed by atoms with Crippen molar-refractivity contribution in [2.75, 3.05) is 0 Å². The lowest BCUT2D eigenvalue weighted by molar-refractivity contribution is 0.920. The number of rotatable bonds is 0. The van der Waals surface area contributed by atoms with E-state index in [9.17, 15) is 0 Å². The molecule has 0 saturated heterocycles. The van der Waals surface area contributed by atoms with Crippen LogP contribution in [0.15, 0.2) is 0 Å². The third kappa shape index (κ3) is 1.28. The van der Waals surface area contributed by atoms with Gasteiger partial charge < -0.3 is 4.57 Å². The number of thiazole rings is 1. The molecule has 0 aliphatic carbocycles. The summed E-state index contributed by atoms with van der Waals surface area (Å²) in [6.45, 7) is 3.88. The fourth-order valence-electron chi connectivity index (χ4n) is 1.27. The van der Waals surface area contributed by atoms with Gasteiger partial charge in [0.15, 0.2) is 9.60 Å². The molecule has 2 heterocycles. The number of nitrogens with zero attached hydrogens (tertiary/aromatic N) is 3. The van der Waals surface area contributed by atoms with Crippen molar-refractivity contribution in [2.24, 2.45) is 7.05 Å². The van der Waals surface area contributed by atoms with Crippen molar-refractivity contribution in [1.82, 2.24) is 14.5 Å². The van der Waals surface area contributed by atoms with E-state index in [4.69, 9.17) is 12.2 Å². The lowest BCUT2D eigenvalue weighted by Gasteiger charge is -1.97. The van der Waals surface area contributed by atoms with E-state index in [0.717, 1.165) is 25.8 Å². The highest BCUT2D eigenvalue weighted by Crippen LogP contribution is 2.22. The number of hydrogen-bond acceptors (Lipinski definition) is 4. The molecule has 68 valence electrons. The predicted molar refractivity (Wildman–Crippen MR) is 56.7 cm³/mol. The van der Waals surface area contributed by atoms with Gasteiger partial charge in [0.2, 0.25) is 0 Å². The van der Waals surface area contributed by atoms with E-state index >= 15 is 0 Å². The molecule has 0 atom stereocenters. The maximum atomic E-state index is 5.17. The summed E-state index contributed by atoms with van der Waals surface area (Å²) in [4.78, 5) is 8.65. The standard InChI is InChI=1S/C8H9N3S2/c1-4-6-7(10-5(2)9-4)11(3)8(12)13-6/h1-3H3. The number of hydrogen-bond donors (Lipinski definition) is 0. The summed E-state index contributed by atoms with van der Waals surface area (Å²) in [6.07, 6.45) is 0. The fraction of sp³-hybridized carbons (Fsp3) is 0.375. The van der Waals surface area contributed by atoms with Crippen LogP contribution in [-0.4, -0.2) is 14.5 Å². The molecule has 0 saturated carbocycles. The quantitative estimate of drug-likeness (QED) is 0.627. The molecule has 0 bridgehead atoms. The lowest BCUT2D eigenvalue weighted by atomic mass is 10.4. The van der Waals surface area contributed by atoms with E-state index in [1.807, 2.05) is 25.5 Å². The third-order valence-electron chi connectivity index (χ3n) is 1.91. The Balaban J connectivity index is 3.03. The maximum absolute atomic E-state index is 5.17. The summed E-state index contributed by atoms with van der Waals surface area (Å²) in [5.74, 6) is 0.799. The molecule has 0 spiro atoms. The minimum Gasteiger partial charge on any atom is -0.311 e. The molecule has 0 fully saturated rings. The van der Waals surface area contributed by atoms with Gasteiger partial charge in [-0.1, -0.05) is 0 Å². The second-order valence-corrected chi connectivity index (χ2v) is 4.58. The molecular formula is C8H9N3S2. The molecule has 2 aromatic rings. The van der Waals surface area contributed by atoms with Crippen molar-refractivity contribution in [3.8, 4) is 0 Å². The van der Waals surface area contributed by atoms with Gasteiger partial charge in [-0.2, -0.15) is 0 Å². The number of aromatic nitrogens is 3. The molecule has 0 unspecified atom stereocenters. The highest BCUT2D eigenvalue weighted by Gasteiger charge is 2.07. The monoisotopic (exact) mass is 211 g/mol. The van der Waals surface area contributed by atoms with E-state index < -0.39 is 0 Å². The van der Waals surface area contributed by atoms with Crippen LogP contribution in [-0.2, 0) is 7.05 Å². The average Bonchev–Trinajstić information content (AvgIpc) is 2.32. The van der Waals surface area contributed by atoms with Crippen molar-refractivity contribution in [3.05, 3.63) is 15.5 Å². The second kappa shape index (κ2) is 2.85. The Hall–Kier alpha value is -0.810. The number of fused-ring (bicyclic) bond motifs is 1. The lowest BCUT2D eigenvalue weighted by Crippen LogP contribution is -1.95. The van der Waals surface area contributed by atoms with E-state index in [-0.39, 0.29) is 0 Å². The Kier molecular flexibility index (Phi) is 1.92. The zero-order valence-electron chi connectivity index (χ0n) is 7.66. The SMILES string of the molecule is Cc1nc(C)c2sc(=S)n(C)c2n1. The summed E-state index contributed by atoms with van der Waals surface area (Å²) in [6, 6.07) is 0. The molecule has 0 aliphatic heterocycles. The summed E-state index contributed by atoms with van der Waals surface area (Å²) < 4.78 is 3.87. The van der Waals surface area contributed by atoms with Crippen LogP contribution < -0.4 is 0 Å². The van der Waals surface area contributed by atoms with Crippen molar-refractivity contribution in [3.63, 3.8) is 0 Å². The van der Waals surface area contributed by atoms with Gasteiger partial charge in [0.25, 0.3) is 0 Å².